The summed E-state index contributed by atoms with van der Waals surface area (Å²) >= 11 is 0. The van der Waals surface area contributed by atoms with Crippen molar-refractivity contribution in [3.8, 4) is 0 Å². The van der Waals surface area contributed by atoms with Gasteiger partial charge in [-0.15, -0.1) is 0 Å². The molecule has 0 saturated carbocycles. The third-order valence-corrected chi connectivity index (χ3v) is 2.98. The van der Waals surface area contributed by atoms with Gasteiger partial charge in [-0.2, -0.15) is 5.10 Å². The number of nitrogens with zero attached hydrogens (tertiary/aromatic N) is 3. The number of hydrazone groups is 1. The summed E-state index contributed by atoms with van der Waals surface area (Å²) in [5.41, 5.74) is 4.72. The molecule has 0 radical (unpaired) electrons. The van der Waals surface area contributed by atoms with Gasteiger partial charge < -0.3 is 5.32 Å². The van der Waals surface area contributed by atoms with Crippen LogP contribution in [0.1, 0.15) is 29.4 Å². The minimum Gasteiger partial charge on any atom is -0.326 e. The van der Waals surface area contributed by atoms with Gasteiger partial charge in [-0.1, -0.05) is 18.2 Å². The number of rotatable bonds is 5. The summed E-state index contributed by atoms with van der Waals surface area (Å²) in [6, 6.07) is 7.50. The molecule has 2 N–H and O–H groups in total. The lowest BCUT2D eigenvalue weighted by molar-refractivity contribution is -0.115. The average Bonchev–Trinajstić information content (AvgIpc) is 2.55. The van der Waals surface area contributed by atoms with Gasteiger partial charge in [0.05, 0.1) is 12.6 Å². The van der Waals surface area contributed by atoms with Gasteiger partial charge in [-0.05, 0) is 25.5 Å². The number of nitrogens with one attached hydrogen (secondary N) is 2. The van der Waals surface area contributed by atoms with Crippen molar-refractivity contribution in [2.75, 3.05) is 5.32 Å². The van der Waals surface area contributed by atoms with E-state index >= 15 is 0 Å². The fourth-order valence-corrected chi connectivity index (χ4v) is 1.80. The van der Waals surface area contributed by atoms with E-state index in [-0.39, 0.29) is 18.0 Å². The van der Waals surface area contributed by atoms with E-state index in [1.165, 1.54) is 18.6 Å². The summed E-state index contributed by atoms with van der Waals surface area (Å²) in [4.78, 5) is 31.4. The van der Waals surface area contributed by atoms with Gasteiger partial charge in [-0.25, -0.2) is 10.4 Å². The van der Waals surface area contributed by atoms with E-state index in [9.17, 15) is 9.59 Å². The highest BCUT2D eigenvalue weighted by Gasteiger charge is 2.08. The second-order valence-electron chi connectivity index (χ2n) is 4.92. The quantitative estimate of drug-likeness (QED) is 0.651. The second-order valence-corrected chi connectivity index (χ2v) is 4.92. The molecule has 2 rings (SSSR count). The molecule has 7 nitrogen and oxygen atoms in total. The van der Waals surface area contributed by atoms with Crippen molar-refractivity contribution in [1.29, 1.82) is 0 Å². The van der Waals surface area contributed by atoms with Crippen LogP contribution in [0.15, 0.2) is 48.0 Å². The lowest BCUT2D eigenvalue weighted by atomic mass is 10.2. The van der Waals surface area contributed by atoms with E-state index in [0.717, 1.165) is 11.3 Å². The fourth-order valence-electron chi connectivity index (χ4n) is 1.80. The monoisotopic (exact) mass is 311 g/mol. The molecule has 0 aliphatic rings. The van der Waals surface area contributed by atoms with Gasteiger partial charge >= 0.3 is 0 Å². The summed E-state index contributed by atoms with van der Waals surface area (Å²) in [6.07, 6.45) is 4.31. The van der Waals surface area contributed by atoms with Gasteiger partial charge in [0.15, 0.2) is 0 Å². The minimum absolute atomic E-state index is 0.0785. The zero-order valence-corrected chi connectivity index (χ0v) is 12.9. The molecule has 0 aliphatic heterocycles. The Morgan fingerprint density at radius 3 is 2.70 bits per heavy atom. The SMILES string of the molecule is C/C(CC(=O)Nc1ccccc1C)=N\NC(=O)c1cnccn1. The van der Waals surface area contributed by atoms with E-state index in [0.29, 0.717) is 5.71 Å². The third-order valence-electron chi connectivity index (χ3n) is 2.98. The Kier molecular flexibility index (Phi) is 5.51. The van der Waals surface area contributed by atoms with E-state index < -0.39 is 5.91 Å². The molecule has 1 heterocycles. The Morgan fingerprint density at radius 2 is 2.00 bits per heavy atom. The Labute approximate surface area is 133 Å². The Morgan fingerprint density at radius 1 is 1.22 bits per heavy atom. The highest BCUT2D eigenvalue weighted by atomic mass is 16.2. The van der Waals surface area contributed by atoms with Crippen LogP contribution in [0.3, 0.4) is 0 Å². The van der Waals surface area contributed by atoms with E-state index in [1.807, 2.05) is 31.2 Å². The first kappa shape index (κ1) is 16.3. The third kappa shape index (κ3) is 4.99. The standard InChI is InChI=1S/C16H17N5O2/c1-11-5-3-4-6-13(11)19-15(22)9-12(2)20-21-16(23)14-10-17-7-8-18-14/h3-8,10H,9H2,1-2H3,(H,19,22)(H,21,23)/b20-12+. The molecule has 0 spiro atoms. The Bertz CT molecular complexity index is 728. The van der Waals surface area contributed by atoms with Crippen molar-refractivity contribution < 1.29 is 9.59 Å². The second kappa shape index (κ2) is 7.79. The van der Waals surface area contributed by atoms with Crippen LogP contribution in [0.2, 0.25) is 0 Å². The largest absolute Gasteiger partial charge is 0.326 e. The van der Waals surface area contributed by atoms with Crippen LogP contribution in [0.4, 0.5) is 5.69 Å². The molecule has 23 heavy (non-hydrogen) atoms. The van der Waals surface area contributed by atoms with Crippen molar-refractivity contribution in [2.45, 2.75) is 20.3 Å². The van der Waals surface area contributed by atoms with Crippen LogP contribution in [0.25, 0.3) is 0 Å². The number of carbonyl (C=O) groups is 2. The topological polar surface area (TPSA) is 96.3 Å². The number of aromatic nitrogens is 2. The van der Waals surface area contributed by atoms with E-state index in [2.05, 4.69) is 25.8 Å². The van der Waals surface area contributed by atoms with Crippen molar-refractivity contribution in [3.63, 3.8) is 0 Å². The van der Waals surface area contributed by atoms with Crippen LogP contribution in [-0.4, -0.2) is 27.5 Å². The highest BCUT2D eigenvalue weighted by Crippen LogP contribution is 2.13. The minimum atomic E-state index is -0.475. The lowest BCUT2D eigenvalue weighted by Crippen LogP contribution is -2.22. The number of hydrogen-bond donors (Lipinski definition) is 2. The van der Waals surface area contributed by atoms with Gasteiger partial charge in [0.25, 0.3) is 5.91 Å². The summed E-state index contributed by atoms with van der Waals surface area (Å²) in [6.45, 7) is 3.58. The molecule has 0 unspecified atom stereocenters. The predicted octanol–water partition coefficient (Wildman–Crippen LogP) is 1.92. The first-order valence-corrected chi connectivity index (χ1v) is 7.01. The maximum Gasteiger partial charge on any atom is 0.291 e. The molecule has 2 amide bonds. The number of carbonyl (C=O) groups excluding carboxylic acids is 2. The average molecular weight is 311 g/mol. The number of hydrogen-bond acceptors (Lipinski definition) is 5. The van der Waals surface area contributed by atoms with Crippen molar-refractivity contribution in [2.24, 2.45) is 5.10 Å². The predicted molar refractivity (Wildman–Crippen MR) is 87.0 cm³/mol. The lowest BCUT2D eigenvalue weighted by Gasteiger charge is -2.07. The molecular weight excluding hydrogens is 294 g/mol. The van der Waals surface area contributed by atoms with Crippen LogP contribution in [-0.2, 0) is 4.79 Å². The fraction of sp³-hybridized carbons (Fsp3) is 0.188. The van der Waals surface area contributed by atoms with Crippen LogP contribution < -0.4 is 10.7 Å². The molecule has 0 atom stereocenters. The molecule has 0 fully saturated rings. The molecule has 118 valence electrons. The highest BCUT2D eigenvalue weighted by molar-refractivity contribution is 6.06. The van der Waals surface area contributed by atoms with Gasteiger partial charge in [-0.3, -0.25) is 14.6 Å². The summed E-state index contributed by atoms with van der Waals surface area (Å²) in [5.74, 6) is -0.675. The number of aryl methyl sites for hydroxylation is 1. The molecule has 0 bridgehead atoms. The number of anilines is 1. The molecule has 0 saturated heterocycles. The molecule has 2 aromatic rings. The number of benzene rings is 1. The van der Waals surface area contributed by atoms with Crippen molar-refractivity contribution >= 4 is 23.2 Å². The Balaban J connectivity index is 1.88. The zero-order valence-electron chi connectivity index (χ0n) is 12.9. The summed E-state index contributed by atoms with van der Waals surface area (Å²) < 4.78 is 0. The first-order valence-electron chi connectivity index (χ1n) is 7.01. The molecule has 1 aromatic carbocycles. The smallest absolute Gasteiger partial charge is 0.291 e. The summed E-state index contributed by atoms with van der Waals surface area (Å²) in [7, 11) is 0. The van der Waals surface area contributed by atoms with Crippen molar-refractivity contribution in [1.82, 2.24) is 15.4 Å². The van der Waals surface area contributed by atoms with Crippen LogP contribution in [0.5, 0.6) is 0 Å². The molecule has 7 heteroatoms. The maximum absolute atomic E-state index is 12.0. The summed E-state index contributed by atoms with van der Waals surface area (Å²) in [5, 5.41) is 6.70. The Hall–Kier alpha value is -3.09. The van der Waals surface area contributed by atoms with E-state index in [4.69, 9.17) is 0 Å². The van der Waals surface area contributed by atoms with Crippen LogP contribution in [0, 0.1) is 6.92 Å². The van der Waals surface area contributed by atoms with E-state index in [1.54, 1.807) is 6.92 Å². The maximum atomic E-state index is 12.0. The number of para-hydroxylation sites is 1. The van der Waals surface area contributed by atoms with Gasteiger partial charge in [0.1, 0.15) is 5.69 Å². The molecular formula is C16H17N5O2. The zero-order chi connectivity index (χ0) is 16.7. The molecule has 0 aliphatic carbocycles. The normalized spacial score (nSPS) is 11.0. The van der Waals surface area contributed by atoms with Gasteiger partial charge in [0.2, 0.25) is 5.91 Å². The van der Waals surface area contributed by atoms with Crippen molar-refractivity contribution in [3.05, 3.63) is 54.1 Å². The molecule has 1 aromatic heterocycles. The van der Waals surface area contributed by atoms with Crippen LogP contribution >= 0.6 is 0 Å². The van der Waals surface area contributed by atoms with Gasteiger partial charge in [0, 0.05) is 23.8 Å². The first-order chi connectivity index (χ1) is 11.1. The number of amides is 2.